The van der Waals surface area contributed by atoms with Gasteiger partial charge in [0.1, 0.15) is 11.9 Å². The first-order valence-electron chi connectivity index (χ1n) is 14.4. The van der Waals surface area contributed by atoms with Gasteiger partial charge in [-0.25, -0.2) is 19.0 Å². The van der Waals surface area contributed by atoms with Crippen LogP contribution >= 0.6 is 11.3 Å². The lowest BCUT2D eigenvalue weighted by atomic mass is 9.89. The zero-order valence-electron chi connectivity index (χ0n) is 24.9. The van der Waals surface area contributed by atoms with E-state index in [1.807, 2.05) is 24.1 Å². The maximum atomic E-state index is 14.2. The molecule has 232 valence electrons. The van der Waals surface area contributed by atoms with E-state index in [1.165, 1.54) is 23.5 Å². The summed E-state index contributed by atoms with van der Waals surface area (Å²) in [6.45, 7) is 8.29. The number of aliphatic carboxylic acids is 1. The van der Waals surface area contributed by atoms with Gasteiger partial charge in [-0.1, -0.05) is 25.8 Å². The van der Waals surface area contributed by atoms with E-state index in [0.29, 0.717) is 61.4 Å². The topological polar surface area (TPSA) is 128 Å². The maximum Gasteiger partial charge on any atom is 0.338 e. The fourth-order valence-electron chi connectivity index (χ4n) is 6.06. The number of nitrogens with zero attached hydrogens (tertiary/aromatic N) is 5. The van der Waals surface area contributed by atoms with Gasteiger partial charge in [0.15, 0.2) is 10.8 Å². The Kier molecular flexibility index (Phi) is 9.03. The number of nitrogens with one attached hydrogen (secondary N) is 1. The number of carboxylic acids is 1. The van der Waals surface area contributed by atoms with Gasteiger partial charge in [-0.05, 0) is 30.0 Å². The van der Waals surface area contributed by atoms with E-state index in [1.54, 1.807) is 24.1 Å². The predicted molar refractivity (Wildman–Crippen MR) is 162 cm³/mol. The van der Waals surface area contributed by atoms with Crippen molar-refractivity contribution in [2.75, 3.05) is 45.9 Å². The van der Waals surface area contributed by atoms with E-state index < -0.39 is 29.2 Å². The lowest BCUT2D eigenvalue weighted by molar-refractivity contribution is -0.140. The van der Waals surface area contributed by atoms with Crippen molar-refractivity contribution in [2.45, 2.75) is 39.3 Å². The number of piperazine rings is 1. The molecule has 2 N–H and O–H groups in total. The minimum absolute atomic E-state index is 0.0381. The van der Waals surface area contributed by atoms with Gasteiger partial charge in [0.2, 0.25) is 0 Å². The van der Waals surface area contributed by atoms with Gasteiger partial charge in [-0.2, -0.15) is 0 Å². The molecule has 0 saturated carbocycles. The second kappa shape index (κ2) is 12.8. The number of halogens is 1. The molecule has 3 aliphatic heterocycles. The van der Waals surface area contributed by atoms with Gasteiger partial charge in [0.05, 0.1) is 24.6 Å². The fourth-order valence-corrected chi connectivity index (χ4v) is 6.65. The molecule has 0 spiro atoms. The molecule has 13 heteroatoms. The van der Waals surface area contributed by atoms with Gasteiger partial charge in [-0.15, -0.1) is 17.8 Å². The van der Waals surface area contributed by atoms with E-state index in [4.69, 9.17) is 16.2 Å². The van der Waals surface area contributed by atoms with E-state index in [9.17, 15) is 23.9 Å². The molecule has 4 heterocycles. The summed E-state index contributed by atoms with van der Waals surface area (Å²) >= 11 is 1.38. The molecule has 2 amide bonds. The molecule has 2 aromatic rings. The molecule has 1 aromatic carbocycles. The largest absolute Gasteiger partial charge is 0.481 e. The van der Waals surface area contributed by atoms with E-state index in [2.05, 4.69) is 21.1 Å². The number of terminal acetylenes is 1. The number of amidine groups is 1. The van der Waals surface area contributed by atoms with Gasteiger partial charge in [-0.3, -0.25) is 14.7 Å². The monoisotopic (exact) mass is 622 g/mol. The van der Waals surface area contributed by atoms with E-state index in [0.717, 1.165) is 0 Å². The summed E-state index contributed by atoms with van der Waals surface area (Å²) < 4.78 is 19.6. The smallest absolute Gasteiger partial charge is 0.338 e. The summed E-state index contributed by atoms with van der Waals surface area (Å²) in [6.07, 6.45) is 7.38. The molecule has 2 saturated heterocycles. The first-order valence-corrected chi connectivity index (χ1v) is 15.3. The van der Waals surface area contributed by atoms with Crippen molar-refractivity contribution in [3.63, 3.8) is 0 Å². The Morgan fingerprint density at radius 3 is 2.77 bits per heavy atom. The van der Waals surface area contributed by atoms with Crippen LogP contribution in [0.4, 0.5) is 9.18 Å². The van der Waals surface area contributed by atoms with Crippen LogP contribution in [0.2, 0.25) is 0 Å². The number of rotatable bonds is 10. The molecule has 0 unspecified atom stereocenters. The molecule has 0 radical (unpaired) electrons. The van der Waals surface area contributed by atoms with Crippen LogP contribution in [0.3, 0.4) is 0 Å². The van der Waals surface area contributed by atoms with Gasteiger partial charge < -0.3 is 25.0 Å². The average Bonchev–Trinajstić information content (AvgIpc) is 3.60. The third-order valence-corrected chi connectivity index (χ3v) is 8.65. The van der Waals surface area contributed by atoms with Crippen molar-refractivity contribution >= 4 is 35.1 Å². The molecular formula is C31H35FN6O5S. The SMILES string of the molecule is C#Cc1cc(F)ccc1[C@@H]1N=C(c2nccs2)NC(CN2CCN3C(=O)N(CC(C)(C)CC(=O)O)C[C@@H]3C2)=C1C(=O)OCC. The minimum Gasteiger partial charge on any atom is -0.481 e. The summed E-state index contributed by atoms with van der Waals surface area (Å²) in [7, 11) is 0. The molecule has 0 bridgehead atoms. The summed E-state index contributed by atoms with van der Waals surface area (Å²) in [4.78, 5) is 53.1. The number of amides is 2. The quantitative estimate of drug-likeness (QED) is 0.306. The molecule has 1 aromatic heterocycles. The van der Waals surface area contributed by atoms with Crippen LogP contribution in [-0.2, 0) is 14.3 Å². The number of benzene rings is 1. The van der Waals surface area contributed by atoms with Crippen LogP contribution in [0.5, 0.6) is 0 Å². The maximum absolute atomic E-state index is 14.2. The van der Waals surface area contributed by atoms with Gasteiger partial charge in [0, 0.05) is 62.1 Å². The van der Waals surface area contributed by atoms with Crippen LogP contribution in [0.15, 0.2) is 46.0 Å². The lowest BCUT2D eigenvalue weighted by Gasteiger charge is -2.38. The molecule has 0 aliphatic carbocycles. The zero-order valence-corrected chi connectivity index (χ0v) is 25.7. The second-order valence-electron chi connectivity index (χ2n) is 11.8. The number of ether oxygens (including phenoxy) is 1. The highest BCUT2D eigenvalue weighted by atomic mass is 32.1. The van der Waals surface area contributed by atoms with E-state index >= 15 is 0 Å². The number of carbonyl (C=O) groups excluding carboxylic acids is 2. The number of carbonyl (C=O) groups is 3. The Morgan fingerprint density at radius 1 is 1.30 bits per heavy atom. The predicted octanol–water partition coefficient (Wildman–Crippen LogP) is 3.09. The number of urea groups is 1. The van der Waals surface area contributed by atoms with Crippen LogP contribution in [-0.4, -0.2) is 101 Å². The van der Waals surface area contributed by atoms with Crippen LogP contribution in [0.1, 0.15) is 49.4 Å². The average molecular weight is 623 g/mol. The molecule has 44 heavy (non-hydrogen) atoms. The summed E-state index contributed by atoms with van der Waals surface area (Å²) in [5.41, 5.74) is 1.05. The van der Waals surface area contributed by atoms with Crippen molar-refractivity contribution in [3.05, 3.63) is 63.0 Å². The highest BCUT2D eigenvalue weighted by Crippen LogP contribution is 2.36. The Hall–Kier alpha value is -4.28. The number of hydrogen-bond donors (Lipinski definition) is 2. The Labute approximate surface area is 259 Å². The molecule has 5 rings (SSSR count). The van der Waals surface area contributed by atoms with Crippen LogP contribution < -0.4 is 5.32 Å². The molecular weight excluding hydrogens is 587 g/mol. The highest BCUT2D eigenvalue weighted by molar-refractivity contribution is 7.11. The second-order valence-corrected chi connectivity index (χ2v) is 12.7. The number of aromatic nitrogens is 1. The molecule has 3 aliphatic rings. The number of esters is 1. The standard InChI is InChI=1S/C31H35FN6O5S/c1-5-19-13-20(32)7-8-22(19)26-25(29(41)43-6-2)23(34-27(35-26)28-33-9-12-44-28)17-36-10-11-38-21(15-36)16-37(30(38)42)18-31(3,4)14-24(39)40/h1,7-9,12-13,21,26H,6,10-11,14-18H2,2-4H3,(H,34,35)(H,39,40)/t21-,26-/m0/s1. The van der Waals surface area contributed by atoms with Gasteiger partial charge >= 0.3 is 18.0 Å². The first-order chi connectivity index (χ1) is 21.0. The fraction of sp³-hybridized carbons (Fsp3) is 0.452. The zero-order chi connectivity index (χ0) is 31.6. The molecule has 2 atom stereocenters. The first kappa shape index (κ1) is 31.2. The molecule has 11 nitrogen and oxygen atoms in total. The summed E-state index contributed by atoms with van der Waals surface area (Å²) in [5.74, 6) is 1.04. The third kappa shape index (κ3) is 6.61. The summed E-state index contributed by atoms with van der Waals surface area (Å²) in [6, 6.07) is 3.03. The Balaban J connectivity index is 1.45. The van der Waals surface area contributed by atoms with Gasteiger partial charge in [0.25, 0.3) is 0 Å². The minimum atomic E-state index is -0.898. The van der Waals surface area contributed by atoms with Crippen LogP contribution in [0.25, 0.3) is 0 Å². The number of fused-ring (bicyclic) bond motifs is 1. The number of hydrogen-bond acceptors (Lipinski definition) is 9. The third-order valence-electron chi connectivity index (χ3n) is 7.87. The van der Waals surface area contributed by atoms with Crippen molar-refractivity contribution in [3.8, 4) is 12.3 Å². The Bertz CT molecular complexity index is 1550. The van der Waals surface area contributed by atoms with Crippen molar-refractivity contribution in [1.29, 1.82) is 0 Å². The van der Waals surface area contributed by atoms with E-state index in [-0.39, 0.29) is 36.2 Å². The lowest BCUT2D eigenvalue weighted by Crippen LogP contribution is -2.53. The van der Waals surface area contributed by atoms with Crippen LogP contribution in [0, 0.1) is 23.6 Å². The number of aliphatic imine (C=N–C) groups is 1. The Morgan fingerprint density at radius 2 is 2.09 bits per heavy atom. The molecule has 2 fully saturated rings. The number of carboxylic acid groups (broad SMARTS) is 1. The highest BCUT2D eigenvalue weighted by Gasteiger charge is 2.43. The van der Waals surface area contributed by atoms with Crippen molar-refractivity contribution in [1.82, 2.24) is 25.0 Å². The number of thiazole rings is 1. The normalized spacial score (nSPS) is 20.6. The summed E-state index contributed by atoms with van der Waals surface area (Å²) in [5, 5.41) is 15.1. The van der Waals surface area contributed by atoms with Crippen molar-refractivity contribution < 1.29 is 28.6 Å². The van der Waals surface area contributed by atoms with Crippen molar-refractivity contribution in [2.24, 2.45) is 10.4 Å².